The van der Waals surface area contributed by atoms with Gasteiger partial charge in [-0.2, -0.15) is 4.98 Å². The Morgan fingerprint density at radius 3 is 2.67 bits per heavy atom. The molecule has 0 amide bonds. The van der Waals surface area contributed by atoms with Gasteiger partial charge in [-0.15, -0.1) is 0 Å². The summed E-state index contributed by atoms with van der Waals surface area (Å²) in [5.74, 6) is 1.26. The van der Waals surface area contributed by atoms with Crippen LogP contribution in [-0.4, -0.2) is 21.7 Å². The number of nitrogens with two attached hydrogens (primary N) is 1. The van der Waals surface area contributed by atoms with Crippen molar-refractivity contribution in [2.75, 3.05) is 6.54 Å². The molecule has 1 saturated carbocycles. The lowest BCUT2D eigenvalue weighted by molar-refractivity contribution is 0.257. The standard InChI is InChI=1S/C16H22N4O/c1-12-7-6-10-18-13(12)14-19-15(21-20-14)16(11-17)8-4-2-3-5-9-16/h6-7,10H,2-5,8-9,11,17H2,1H3. The van der Waals surface area contributed by atoms with Crippen LogP contribution in [0.1, 0.15) is 50.0 Å². The minimum atomic E-state index is -0.148. The zero-order valence-corrected chi connectivity index (χ0v) is 12.5. The van der Waals surface area contributed by atoms with Crippen molar-refractivity contribution in [1.29, 1.82) is 0 Å². The quantitative estimate of drug-likeness (QED) is 0.878. The summed E-state index contributed by atoms with van der Waals surface area (Å²) >= 11 is 0. The average molecular weight is 286 g/mol. The Morgan fingerprint density at radius 2 is 2.00 bits per heavy atom. The van der Waals surface area contributed by atoms with Crippen LogP contribution in [0.15, 0.2) is 22.9 Å². The molecule has 2 N–H and O–H groups in total. The SMILES string of the molecule is Cc1cccnc1-c1noc(C2(CN)CCCCCC2)n1. The molecular formula is C16H22N4O. The first-order chi connectivity index (χ1) is 10.2. The highest BCUT2D eigenvalue weighted by Gasteiger charge is 2.37. The molecule has 1 fully saturated rings. The van der Waals surface area contributed by atoms with Gasteiger partial charge < -0.3 is 10.3 Å². The highest BCUT2D eigenvalue weighted by molar-refractivity contribution is 5.53. The van der Waals surface area contributed by atoms with E-state index in [0.717, 1.165) is 24.1 Å². The van der Waals surface area contributed by atoms with Crippen molar-refractivity contribution in [2.24, 2.45) is 5.73 Å². The van der Waals surface area contributed by atoms with Crippen molar-refractivity contribution < 1.29 is 4.52 Å². The first-order valence-corrected chi connectivity index (χ1v) is 7.71. The second-order valence-corrected chi connectivity index (χ2v) is 5.99. The number of nitrogens with zero attached hydrogens (tertiary/aromatic N) is 3. The fourth-order valence-electron chi connectivity index (χ4n) is 3.17. The van der Waals surface area contributed by atoms with Gasteiger partial charge in [-0.05, 0) is 31.4 Å². The Hall–Kier alpha value is -1.75. The number of aryl methyl sites for hydroxylation is 1. The van der Waals surface area contributed by atoms with Gasteiger partial charge in [0.25, 0.3) is 0 Å². The van der Waals surface area contributed by atoms with Crippen molar-refractivity contribution >= 4 is 0 Å². The average Bonchev–Trinajstić information content (AvgIpc) is 2.87. The third kappa shape index (κ3) is 2.70. The summed E-state index contributed by atoms with van der Waals surface area (Å²) < 4.78 is 5.58. The van der Waals surface area contributed by atoms with Gasteiger partial charge in [0.05, 0.1) is 5.41 Å². The molecule has 0 bridgehead atoms. The molecule has 5 heteroatoms. The molecule has 0 unspecified atom stereocenters. The van der Waals surface area contributed by atoms with Crippen LogP contribution in [0, 0.1) is 6.92 Å². The topological polar surface area (TPSA) is 77.8 Å². The highest BCUT2D eigenvalue weighted by Crippen LogP contribution is 2.37. The largest absolute Gasteiger partial charge is 0.338 e. The Balaban J connectivity index is 1.95. The minimum absolute atomic E-state index is 0.148. The van der Waals surface area contributed by atoms with Crippen LogP contribution < -0.4 is 5.73 Å². The lowest BCUT2D eigenvalue weighted by atomic mass is 9.80. The number of rotatable bonds is 3. The second-order valence-electron chi connectivity index (χ2n) is 5.99. The van der Waals surface area contributed by atoms with Crippen LogP contribution in [0.5, 0.6) is 0 Å². The van der Waals surface area contributed by atoms with Crippen LogP contribution in [0.25, 0.3) is 11.5 Å². The summed E-state index contributed by atoms with van der Waals surface area (Å²) in [7, 11) is 0. The van der Waals surface area contributed by atoms with E-state index in [1.165, 1.54) is 25.7 Å². The molecule has 5 nitrogen and oxygen atoms in total. The summed E-state index contributed by atoms with van der Waals surface area (Å²) in [6, 6.07) is 3.91. The summed E-state index contributed by atoms with van der Waals surface area (Å²) in [6.45, 7) is 2.57. The lowest BCUT2D eigenvalue weighted by Crippen LogP contribution is -2.35. The molecule has 2 aromatic rings. The molecule has 1 aliphatic carbocycles. The van der Waals surface area contributed by atoms with E-state index in [-0.39, 0.29) is 5.41 Å². The van der Waals surface area contributed by atoms with E-state index in [1.807, 2.05) is 19.1 Å². The predicted octanol–water partition coefficient (Wildman–Crippen LogP) is 2.99. The second kappa shape index (κ2) is 5.93. The summed E-state index contributed by atoms with van der Waals surface area (Å²) in [5, 5.41) is 4.14. The molecule has 21 heavy (non-hydrogen) atoms. The first kappa shape index (κ1) is 14.2. The van der Waals surface area contributed by atoms with Gasteiger partial charge in [0.15, 0.2) is 0 Å². The Bertz CT molecular complexity index is 600. The molecule has 112 valence electrons. The smallest absolute Gasteiger partial charge is 0.234 e. The molecule has 0 atom stereocenters. The number of hydrogen-bond donors (Lipinski definition) is 1. The molecule has 0 saturated heterocycles. The van der Waals surface area contributed by atoms with Crippen LogP contribution in [0.2, 0.25) is 0 Å². The molecular weight excluding hydrogens is 264 g/mol. The summed E-state index contributed by atoms with van der Waals surface area (Å²) in [4.78, 5) is 8.99. The van der Waals surface area contributed by atoms with Crippen molar-refractivity contribution in [3.8, 4) is 11.5 Å². The molecule has 0 spiro atoms. The van der Waals surface area contributed by atoms with Crippen LogP contribution in [0.3, 0.4) is 0 Å². The maximum atomic E-state index is 6.07. The van der Waals surface area contributed by atoms with Gasteiger partial charge in [0.1, 0.15) is 5.69 Å². The summed E-state index contributed by atoms with van der Waals surface area (Å²) in [5.41, 5.74) is 7.76. The van der Waals surface area contributed by atoms with Gasteiger partial charge in [0.2, 0.25) is 11.7 Å². The number of pyridine rings is 1. The van der Waals surface area contributed by atoms with E-state index < -0.39 is 0 Å². The zero-order chi connectivity index (χ0) is 14.7. The van der Waals surface area contributed by atoms with Gasteiger partial charge in [-0.25, -0.2) is 0 Å². The van der Waals surface area contributed by atoms with Gasteiger partial charge >= 0.3 is 0 Å². The maximum Gasteiger partial charge on any atom is 0.234 e. The third-order valence-electron chi connectivity index (χ3n) is 4.55. The van der Waals surface area contributed by atoms with Gasteiger partial charge in [-0.3, -0.25) is 4.98 Å². The molecule has 0 radical (unpaired) electrons. The van der Waals surface area contributed by atoms with Gasteiger partial charge in [0, 0.05) is 12.7 Å². The summed E-state index contributed by atoms with van der Waals surface area (Å²) in [6.07, 6.45) is 8.71. The Labute approximate surface area is 125 Å². The van der Waals surface area contributed by atoms with Crippen LogP contribution in [-0.2, 0) is 5.41 Å². The zero-order valence-electron chi connectivity index (χ0n) is 12.5. The number of aromatic nitrogens is 3. The fourth-order valence-corrected chi connectivity index (χ4v) is 3.17. The monoisotopic (exact) mass is 286 g/mol. The number of hydrogen-bond acceptors (Lipinski definition) is 5. The van der Waals surface area contributed by atoms with Crippen molar-refractivity contribution in [3.63, 3.8) is 0 Å². The first-order valence-electron chi connectivity index (χ1n) is 7.71. The van der Waals surface area contributed by atoms with E-state index in [2.05, 4.69) is 15.1 Å². The molecule has 2 aromatic heterocycles. The molecule has 3 rings (SSSR count). The normalized spacial score (nSPS) is 18.4. The molecule has 0 aromatic carbocycles. The minimum Gasteiger partial charge on any atom is -0.338 e. The predicted molar refractivity (Wildman–Crippen MR) is 80.7 cm³/mol. The maximum absolute atomic E-state index is 6.07. The Kier molecular flexibility index (Phi) is 4.01. The van der Waals surface area contributed by atoms with E-state index in [4.69, 9.17) is 10.3 Å². The fraction of sp³-hybridized carbons (Fsp3) is 0.562. The lowest BCUT2D eigenvalue weighted by Gasteiger charge is -2.26. The molecule has 0 aliphatic heterocycles. The van der Waals surface area contributed by atoms with Crippen molar-refractivity contribution in [1.82, 2.24) is 15.1 Å². The van der Waals surface area contributed by atoms with E-state index in [0.29, 0.717) is 18.3 Å². The van der Waals surface area contributed by atoms with Crippen molar-refractivity contribution in [3.05, 3.63) is 29.8 Å². The van der Waals surface area contributed by atoms with Crippen LogP contribution in [0.4, 0.5) is 0 Å². The van der Waals surface area contributed by atoms with E-state index in [9.17, 15) is 0 Å². The highest BCUT2D eigenvalue weighted by atomic mass is 16.5. The van der Waals surface area contributed by atoms with E-state index in [1.54, 1.807) is 6.20 Å². The van der Waals surface area contributed by atoms with E-state index >= 15 is 0 Å². The molecule has 2 heterocycles. The third-order valence-corrected chi connectivity index (χ3v) is 4.55. The Morgan fingerprint density at radius 1 is 1.24 bits per heavy atom. The van der Waals surface area contributed by atoms with Crippen LogP contribution >= 0.6 is 0 Å². The van der Waals surface area contributed by atoms with Crippen molar-refractivity contribution in [2.45, 2.75) is 50.9 Å². The van der Waals surface area contributed by atoms with Gasteiger partial charge in [-0.1, -0.05) is 36.9 Å². The molecule has 1 aliphatic rings.